The zero-order valence-electron chi connectivity index (χ0n) is 12.3. The van der Waals surface area contributed by atoms with E-state index in [-0.39, 0.29) is 17.9 Å². The van der Waals surface area contributed by atoms with Crippen LogP contribution in [0.4, 0.5) is 0 Å². The summed E-state index contributed by atoms with van der Waals surface area (Å²) in [4.78, 5) is 23.4. The largest absolute Gasteiger partial charge is 0.453 e. The lowest BCUT2D eigenvalue weighted by Gasteiger charge is -2.19. The van der Waals surface area contributed by atoms with E-state index in [1.807, 2.05) is 6.92 Å². The van der Waals surface area contributed by atoms with Crippen molar-refractivity contribution in [2.45, 2.75) is 45.8 Å². The summed E-state index contributed by atoms with van der Waals surface area (Å²) >= 11 is 11.9. The molecular formula is C15H19Cl2NO3. The van der Waals surface area contributed by atoms with E-state index in [0.717, 1.165) is 5.56 Å². The third-order valence-electron chi connectivity index (χ3n) is 2.92. The molecule has 0 unspecified atom stereocenters. The lowest BCUT2D eigenvalue weighted by Crippen LogP contribution is -2.37. The molecule has 0 aromatic heterocycles. The minimum Gasteiger partial charge on any atom is -0.453 e. The molecular weight excluding hydrogens is 313 g/mol. The maximum atomic E-state index is 12.0. The van der Waals surface area contributed by atoms with E-state index in [1.165, 1.54) is 0 Å². The molecule has 1 aromatic carbocycles. The van der Waals surface area contributed by atoms with Gasteiger partial charge < -0.3 is 10.1 Å². The van der Waals surface area contributed by atoms with E-state index in [2.05, 4.69) is 5.32 Å². The second-order valence-corrected chi connectivity index (χ2v) is 5.62. The molecule has 0 aliphatic rings. The normalized spacial score (nSPS) is 13.4. The fraction of sp³-hybridized carbons (Fsp3) is 0.467. The molecule has 4 nitrogen and oxygen atoms in total. The highest BCUT2D eigenvalue weighted by Crippen LogP contribution is 2.26. The van der Waals surface area contributed by atoms with E-state index in [9.17, 15) is 9.59 Å². The van der Waals surface area contributed by atoms with Gasteiger partial charge in [0, 0.05) is 16.5 Å². The molecule has 0 saturated heterocycles. The van der Waals surface area contributed by atoms with Crippen LogP contribution in [-0.4, -0.2) is 18.0 Å². The van der Waals surface area contributed by atoms with Crippen molar-refractivity contribution in [3.8, 4) is 0 Å². The first kappa shape index (κ1) is 17.8. The Kier molecular flexibility index (Phi) is 6.99. The van der Waals surface area contributed by atoms with Crippen molar-refractivity contribution >= 4 is 35.1 Å². The van der Waals surface area contributed by atoms with Crippen LogP contribution in [0.5, 0.6) is 0 Å². The van der Waals surface area contributed by atoms with Crippen molar-refractivity contribution in [1.82, 2.24) is 5.32 Å². The van der Waals surface area contributed by atoms with Crippen LogP contribution >= 0.6 is 23.2 Å². The van der Waals surface area contributed by atoms with Crippen LogP contribution in [0.2, 0.25) is 10.0 Å². The molecule has 0 heterocycles. The Balaban J connectivity index is 2.63. The van der Waals surface area contributed by atoms with Gasteiger partial charge in [-0.25, -0.2) is 0 Å². The number of ether oxygens (including phenoxy) is 1. The molecule has 0 bridgehead atoms. The lowest BCUT2D eigenvalue weighted by atomic mass is 10.1. The van der Waals surface area contributed by atoms with Crippen LogP contribution in [0.25, 0.3) is 0 Å². The molecule has 0 aliphatic carbocycles. The summed E-state index contributed by atoms with van der Waals surface area (Å²) in [5.74, 6) is -0.740. The molecule has 0 saturated carbocycles. The van der Waals surface area contributed by atoms with Crippen molar-refractivity contribution in [2.24, 2.45) is 0 Å². The van der Waals surface area contributed by atoms with E-state index in [0.29, 0.717) is 22.9 Å². The van der Waals surface area contributed by atoms with Crippen LogP contribution in [0.3, 0.4) is 0 Å². The van der Waals surface area contributed by atoms with Gasteiger partial charge in [-0.3, -0.25) is 9.59 Å². The summed E-state index contributed by atoms with van der Waals surface area (Å²) in [7, 11) is 0. The molecule has 116 valence electrons. The number of carbonyl (C=O) groups is 2. The second kappa shape index (κ2) is 8.25. The Morgan fingerprint density at radius 3 is 2.52 bits per heavy atom. The summed E-state index contributed by atoms with van der Waals surface area (Å²) in [6.07, 6.45) is 0.151. The number of hydrogen-bond acceptors (Lipinski definition) is 3. The number of amides is 1. The summed E-state index contributed by atoms with van der Waals surface area (Å²) in [5.41, 5.74) is 0.751. The molecule has 0 spiro atoms. The number of nitrogens with one attached hydrogen (secondary N) is 1. The zero-order valence-corrected chi connectivity index (χ0v) is 13.8. The summed E-state index contributed by atoms with van der Waals surface area (Å²) in [6.45, 7) is 5.21. The van der Waals surface area contributed by atoms with Gasteiger partial charge in [0.25, 0.3) is 5.91 Å². The summed E-state index contributed by atoms with van der Waals surface area (Å²) < 4.78 is 5.03. The molecule has 1 aromatic rings. The molecule has 0 radical (unpaired) electrons. The average molecular weight is 332 g/mol. The van der Waals surface area contributed by atoms with E-state index in [1.54, 1.807) is 32.0 Å². The molecule has 1 amide bonds. The quantitative estimate of drug-likeness (QED) is 0.804. The predicted octanol–water partition coefficient (Wildman–Crippen LogP) is 3.90. The molecule has 6 heteroatoms. The Morgan fingerprint density at radius 2 is 1.95 bits per heavy atom. The van der Waals surface area contributed by atoms with E-state index >= 15 is 0 Å². The molecule has 21 heavy (non-hydrogen) atoms. The fourth-order valence-electron chi connectivity index (χ4n) is 1.77. The number of benzene rings is 1. The van der Waals surface area contributed by atoms with E-state index < -0.39 is 6.10 Å². The van der Waals surface area contributed by atoms with Crippen LogP contribution in [-0.2, 0) is 14.3 Å². The SMILES string of the molecule is CCCC(=O)O[C@@H](C)C(=O)N[C@H](C)c1ccc(Cl)cc1Cl. The highest BCUT2D eigenvalue weighted by Gasteiger charge is 2.20. The Labute approximate surface area is 134 Å². The van der Waals surface area contributed by atoms with Gasteiger partial charge in [0.1, 0.15) is 0 Å². The molecule has 0 fully saturated rings. The fourth-order valence-corrected chi connectivity index (χ4v) is 2.35. The van der Waals surface area contributed by atoms with Crippen molar-refractivity contribution in [3.63, 3.8) is 0 Å². The lowest BCUT2D eigenvalue weighted by molar-refractivity contribution is -0.155. The maximum absolute atomic E-state index is 12.0. The summed E-state index contributed by atoms with van der Waals surface area (Å²) in [6, 6.07) is 4.76. The smallest absolute Gasteiger partial charge is 0.306 e. The van der Waals surface area contributed by atoms with Crippen LogP contribution in [0.1, 0.15) is 45.2 Å². The zero-order chi connectivity index (χ0) is 16.0. The molecule has 0 aliphatic heterocycles. The van der Waals surface area contributed by atoms with Gasteiger partial charge >= 0.3 is 5.97 Å². The number of rotatable bonds is 6. The minimum absolute atomic E-state index is 0.302. The summed E-state index contributed by atoms with van der Waals surface area (Å²) in [5, 5.41) is 3.77. The Morgan fingerprint density at radius 1 is 1.29 bits per heavy atom. The van der Waals surface area contributed by atoms with Gasteiger partial charge in [-0.15, -0.1) is 0 Å². The third-order valence-corrected chi connectivity index (χ3v) is 3.48. The Hall–Kier alpha value is -1.26. The van der Waals surface area contributed by atoms with Crippen molar-refractivity contribution in [1.29, 1.82) is 0 Å². The molecule has 2 atom stereocenters. The number of hydrogen-bond donors (Lipinski definition) is 1. The molecule has 1 rings (SSSR count). The average Bonchev–Trinajstić information content (AvgIpc) is 2.38. The standard InChI is InChI=1S/C15H19Cl2NO3/c1-4-5-14(19)21-10(3)15(20)18-9(2)12-7-6-11(16)8-13(12)17/h6-10H,4-5H2,1-3H3,(H,18,20)/t9-,10+/m1/s1. The van der Waals surface area contributed by atoms with Crippen molar-refractivity contribution in [3.05, 3.63) is 33.8 Å². The maximum Gasteiger partial charge on any atom is 0.306 e. The van der Waals surface area contributed by atoms with Gasteiger partial charge in [-0.05, 0) is 38.0 Å². The van der Waals surface area contributed by atoms with Gasteiger partial charge in [-0.2, -0.15) is 0 Å². The minimum atomic E-state index is -0.836. The topological polar surface area (TPSA) is 55.4 Å². The first-order valence-corrected chi connectivity index (χ1v) is 7.55. The van der Waals surface area contributed by atoms with Crippen LogP contribution in [0, 0.1) is 0 Å². The number of halogens is 2. The van der Waals surface area contributed by atoms with Gasteiger partial charge in [0.15, 0.2) is 6.10 Å². The van der Waals surface area contributed by atoms with Gasteiger partial charge in [0.2, 0.25) is 0 Å². The highest BCUT2D eigenvalue weighted by molar-refractivity contribution is 6.35. The van der Waals surface area contributed by atoms with Crippen molar-refractivity contribution in [2.75, 3.05) is 0 Å². The van der Waals surface area contributed by atoms with E-state index in [4.69, 9.17) is 27.9 Å². The number of esters is 1. The monoisotopic (exact) mass is 331 g/mol. The highest BCUT2D eigenvalue weighted by atomic mass is 35.5. The second-order valence-electron chi connectivity index (χ2n) is 4.78. The van der Waals surface area contributed by atoms with Crippen LogP contribution < -0.4 is 5.32 Å². The Bertz CT molecular complexity index is 520. The predicted molar refractivity (Wildman–Crippen MR) is 83.5 cm³/mol. The number of carbonyl (C=O) groups excluding carboxylic acids is 2. The first-order chi connectivity index (χ1) is 9.85. The van der Waals surface area contributed by atoms with Gasteiger partial charge in [-0.1, -0.05) is 36.2 Å². The first-order valence-electron chi connectivity index (χ1n) is 6.80. The van der Waals surface area contributed by atoms with Crippen molar-refractivity contribution < 1.29 is 14.3 Å². The van der Waals surface area contributed by atoms with Crippen LogP contribution in [0.15, 0.2) is 18.2 Å². The third kappa shape index (κ3) is 5.56. The molecule has 1 N–H and O–H groups in total. The van der Waals surface area contributed by atoms with Gasteiger partial charge in [0.05, 0.1) is 6.04 Å².